The SMILES string of the molecule is CC1OCCC1N(C)C(=O)NC(Cc1cnc[nH]1)C(=O)O. The van der Waals surface area contributed by atoms with E-state index < -0.39 is 18.0 Å². The third kappa shape index (κ3) is 3.72. The number of urea groups is 1. The number of rotatable bonds is 5. The molecule has 3 N–H and O–H groups in total. The second-order valence-corrected chi connectivity index (χ2v) is 5.16. The number of ether oxygens (including phenoxy) is 1. The van der Waals surface area contributed by atoms with E-state index in [4.69, 9.17) is 4.74 Å². The maximum Gasteiger partial charge on any atom is 0.326 e. The van der Waals surface area contributed by atoms with Gasteiger partial charge in [0.25, 0.3) is 0 Å². The van der Waals surface area contributed by atoms with Gasteiger partial charge in [-0.25, -0.2) is 14.6 Å². The van der Waals surface area contributed by atoms with Gasteiger partial charge < -0.3 is 25.0 Å². The van der Waals surface area contributed by atoms with Crippen LogP contribution in [0.1, 0.15) is 19.0 Å². The number of imidazole rings is 1. The van der Waals surface area contributed by atoms with Crippen molar-refractivity contribution in [1.82, 2.24) is 20.2 Å². The van der Waals surface area contributed by atoms with Crippen molar-refractivity contribution in [3.05, 3.63) is 18.2 Å². The molecule has 3 atom stereocenters. The van der Waals surface area contributed by atoms with Gasteiger partial charge in [0.05, 0.1) is 18.5 Å². The molecule has 0 aliphatic carbocycles. The molecule has 2 heterocycles. The maximum absolute atomic E-state index is 12.2. The average molecular weight is 296 g/mol. The Hall–Kier alpha value is -2.09. The lowest BCUT2D eigenvalue weighted by Crippen LogP contribution is -2.51. The van der Waals surface area contributed by atoms with Crippen LogP contribution >= 0.6 is 0 Å². The summed E-state index contributed by atoms with van der Waals surface area (Å²) in [5.74, 6) is -1.08. The van der Waals surface area contributed by atoms with Gasteiger partial charge >= 0.3 is 12.0 Å². The van der Waals surface area contributed by atoms with Crippen molar-refractivity contribution in [3.63, 3.8) is 0 Å². The van der Waals surface area contributed by atoms with E-state index in [2.05, 4.69) is 15.3 Å². The predicted octanol–water partition coefficient (Wildman–Crippen LogP) is 0.224. The van der Waals surface area contributed by atoms with E-state index in [-0.39, 0.29) is 18.6 Å². The number of carbonyl (C=O) groups excluding carboxylic acids is 1. The number of carbonyl (C=O) groups is 2. The molecule has 8 nitrogen and oxygen atoms in total. The summed E-state index contributed by atoms with van der Waals surface area (Å²) in [6.07, 6.45) is 3.88. The summed E-state index contributed by atoms with van der Waals surface area (Å²) in [6, 6.07) is -1.45. The molecule has 0 saturated carbocycles. The van der Waals surface area contributed by atoms with Crippen LogP contribution in [-0.2, 0) is 16.0 Å². The van der Waals surface area contributed by atoms with Crippen molar-refractivity contribution in [2.24, 2.45) is 0 Å². The van der Waals surface area contributed by atoms with Crippen molar-refractivity contribution in [1.29, 1.82) is 0 Å². The Labute approximate surface area is 122 Å². The van der Waals surface area contributed by atoms with Gasteiger partial charge in [-0.05, 0) is 13.3 Å². The molecular formula is C13H20N4O4. The van der Waals surface area contributed by atoms with Crippen LogP contribution in [0.2, 0.25) is 0 Å². The Kier molecular flexibility index (Phi) is 4.79. The molecule has 116 valence electrons. The summed E-state index contributed by atoms with van der Waals surface area (Å²) in [6.45, 7) is 2.51. The first-order valence-electron chi connectivity index (χ1n) is 6.84. The minimum Gasteiger partial charge on any atom is -0.480 e. The number of likely N-dealkylation sites (N-methyl/N-ethyl adjacent to an activating group) is 1. The second-order valence-electron chi connectivity index (χ2n) is 5.16. The van der Waals surface area contributed by atoms with E-state index in [9.17, 15) is 14.7 Å². The summed E-state index contributed by atoms with van der Waals surface area (Å²) >= 11 is 0. The molecule has 1 aliphatic rings. The van der Waals surface area contributed by atoms with Gasteiger partial charge in [0.2, 0.25) is 0 Å². The van der Waals surface area contributed by atoms with E-state index in [1.807, 2.05) is 6.92 Å². The lowest BCUT2D eigenvalue weighted by Gasteiger charge is -2.28. The number of aromatic nitrogens is 2. The zero-order valence-corrected chi connectivity index (χ0v) is 12.1. The Morgan fingerprint density at radius 3 is 2.95 bits per heavy atom. The van der Waals surface area contributed by atoms with Gasteiger partial charge in [-0.3, -0.25) is 0 Å². The molecule has 1 saturated heterocycles. The molecule has 0 bridgehead atoms. The Balaban J connectivity index is 1.96. The molecule has 0 aromatic carbocycles. The normalized spacial score (nSPS) is 22.8. The van der Waals surface area contributed by atoms with Crippen LogP contribution in [-0.4, -0.2) is 63.8 Å². The van der Waals surface area contributed by atoms with Gasteiger partial charge in [-0.1, -0.05) is 0 Å². The fourth-order valence-electron chi connectivity index (χ4n) is 2.45. The molecule has 1 aromatic heterocycles. The van der Waals surface area contributed by atoms with Crippen LogP contribution in [0.3, 0.4) is 0 Å². The monoisotopic (exact) mass is 296 g/mol. The zero-order valence-electron chi connectivity index (χ0n) is 12.1. The standard InChI is InChI=1S/C13H20N4O4/c1-8-11(3-4-21-8)17(2)13(20)16-10(12(18)19)5-9-6-14-7-15-9/h6-8,10-11H,3-5H2,1-2H3,(H,14,15)(H,16,20)(H,18,19). The van der Waals surface area contributed by atoms with Gasteiger partial charge in [-0.2, -0.15) is 0 Å². The molecule has 3 unspecified atom stereocenters. The number of aliphatic carboxylic acids is 1. The van der Waals surface area contributed by atoms with E-state index >= 15 is 0 Å². The number of hydrogen-bond donors (Lipinski definition) is 3. The van der Waals surface area contributed by atoms with E-state index in [0.29, 0.717) is 12.3 Å². The number of carboxylic acids is 1. The number of aromatic amines is 1. The number of nitrogens with one attached hydrogen (secondary N) is 2. The molecule has 1 aliphatic heterocycles. The third-order valence-electron chi connectivity index (χ3n) is 3.73. The third-order valence-corrected chi connectivity index (χ3v) is 3.73. The number of amides is 2. The first-order chi connectivity index (χ1) is 9.99. The molecule has 0 spiro atoms. The molecular weight excluding hydrogens is 276 g/mol. The summed E-state index contributed by atoms with van der Waals surface area (Å²) in [5.41, 5.74) is 0.655. The minimum atomic E-state index is -1.08. The van der Waals surface area contributed by atoms with Gasteiger partial charge in [0.15, 0.2) is 0 Å². The van der Waals surface area contributed by atoms with Gasteiger partial charge in [0, 0.05) is 32.0 Å². The summed E-state index contributed by atoms with van der Waals surface area (Å²) in [5, 5.41) is 11.8. The van der Waals surface area contributed by atoms with Gasteiger partial charge in [-0.15, -0.1) is 0 Å². The second kappa shape index (κ2) is 6.57. The zero-order chi connectivity index (χ0) is 15.4. The molecule has 2 amide bonds. The van der Waals surface area contributed by atoms with Crippen molar-refractivity contribution in [2.45, 2.75) is 38.0 Å². The van der Waals surface area contributed by atoms with Gasteiger partial charge in [0.1, 0.15) is 6.04 Å². The summed E-state index contributed by atoms with van der Waals surface area (Å²) in [4.78, 5) is 31.6. The van der Waals surface area contributed by atoms with Crippen LogP contribution < -0.4 is 5.32 Å². The van der Waals surface area contributed by atoms with Crippen molar-refractivity contribution >= 4 is 12.0 Å². The highest BCUT2D eigenvalue weighted by Gasteiger charge is 2.32. The minimum absolute atomic E-state index is 0.0356. The number of nitrogens with zero attached hydrogens (tertiary/aromatic N) is 2. The fraction of sp³-hybridized carbons (Fsp3) is 0.615. The fourth-order valence-corrected chi connectivity index (χ4v) is 2.45. The molecule has 1 aromatic rings. The summed E-state index contributed by atoms with van der Waals surface area (Å²) < 4.78 is 5.42. The topological polar surface area (TPSA) is 108 Å². The van der Waals surface area contributed by atoms with E-state index in [0.717, 1.165) is 6.42 Å². The lowest BCUT2D eigenvalue weighted by atomic mass is 10.1. The number of H-pyrrole nitrogens is 1. The Bertz CT molecular complexity index is 490. The number of carboxylic acid groups (broad SMARTS) is 1. The maximum atomic E-state index is 12.2. The quantitative estimate of drug-likeness (QED) is 0.720. The average Bonchev–Trinajstić information content (AvgIpc) is 3.08. The van der Waals surface area contributed by atoms with E-state index in [1.165, 1.54) is 11.2 Å². The first kappa shape index (κ1) is 15.3. The van der Waals surface area contributed by atoms with Crippen LogP contribution in [0.4, 0.5) is 4.79 Å². The van der Waals surface area contributed by atoms with Crippen molar-refractivity contribution < 1.29 is 19.4 Å². The largest absolute Gasteiger partial charge is 0.480 e. The van der Waals surface area contributed by atoms with Crippen LogP contribution in [0.5, 0.6) is 0 Å². The van der Waals surface area contributed by atoms with Crippen LogP contribution in [0.25, 0.3) is 0 Å². The highest BCUT2D eigenvalue weighted by molar-refractivity contribution is 5.82. The Morgan fingerprint density at radius 2 is 2.43 bits per heavy atom. The Morgan fingerprint density at radius 1 is 1.67 bits per heavy atom. The van der Waals surface area contributed by atoms with Crippen molar-refractivity contribution in [3.8, 4) is 0 Å². The smallest absolute Gasteiger partial charge is 0.326 e. The predicted molar refractivity (Wildman–Crippen MR) is 73.8 cm³/mol. The summed E-state index contributed by atoms with van der Waals surface area (Å²) in [7, 11) is 1.65. The highest BCUT2D eigenvalue weighted by atomic mass is 16.5. The van der Waals surface area contributed by atoms with Crippen LogP contribution in [0.15, 0.2) is 12.5 Å². The highest BCUT2D eigenvalue weighted by Crippen LogP contribution is 2.18. The molecule has 0 radical (unpaired) electrons. The van der Waals surface area contributed by atoms with Crippen molar-refractivity contribution in [2.75, 3.05) is 13.7 Å². The molecule has 1 fully saturated rings. The molecule has 21 heavy (non-hydrogen) atoms. The van der Waals surface area contributed by atoms with E-state index in [1.54, 1.807) is 13.2 Å². The first-order valence-corrected chi connectivity index (χ1v) is 6.84. The molecule has 8 heteroatoms. The lowest BCUT2D eigenvalue weighted by molar-refractivity contribution is -0.139. The molecule has 2 rings (SSSR count). The number of hydrogen-bond acceptors (Lipinski definition) is 4. The van der Waals surface area contributed by atoms with Crippen LogP contribution in [0, 0.1) is 0 Å².